The number of ether oxygens (including phenoxy) is 1. The number of aromatic nitrogens is 3. The predicted molar refractivity (Wildman–Crippen MR) is 110 cm³/mol. The third kappa shape index (κ3) is 4.36. The molecule has 0 radical (unpaired) electrons. The summed E-state index contributed by atoms with van der Waals surface area (Å²) < 4.78 is 89.2. The van der Waals surface area contributed by atoms with Crippen LogP contribution in [0.25, 0.3) is 16.8 Å². The lowest BCUT2D eigenvalue weighted by Gasteiger charge is -2.26. The second-order valence-electron chi connectivity index (χ2n) is 7.13. The SMILES string of the molecule is Nc1nc(N)n(-c2cc(F)c(-c3ccc(S(=O)(=O)N4CCOCC4)cc3)c(C(F)(F)F)c2)n1. The molecular weight excluding hydrogens is 468 g/mol. The van der Waals surface area contributed by atoms with Crippen molar-refractivity contribution in [2.75, 3.05) is 37.8 Å². The van der Waals surface area contributed by atoms with Gasteiger partial charge in [0.15, 0.2) is 0 Å². The Morgan fingerprint density at radius 3 is 2.21 bits per heavy atom. The zero-order chi connectivity index (χ0) is 24.0. The molecule has 0 amide bonds. The second-order valence-corrected chi connectivity index (χ2v) is 9.07. The molecule has 1 fully saturated rings. The Bertz CT molecular complexity index is 1290. The number of alkyl halides is 3. The van der Waals surface area contributed by atoms with Gasteiger partial charge in [-0.3, -0.25) is 0 Å². The van der Waals surface area contributed by atoms with E-state index in [2.05, 4.69) is 10.1 Å². The number of anilines is 2. The van der Waals surface area contributed by atoms with E-state index in [0.29, 0.717) is 6.07 Å². The molecule has 0 atom stereocenters. The third-order valence-electron chi connectivity index (χ3n) is 5.02. The van der Waals surface area contributed by atoms with Crippen LogP contribution in [0.5, 0.6) is 0 Å². The van der Waals surface area contributed by atoms with Crippen molar-refractivity contribution >= 4 is 21.9 Å². The number of nitrogens with zero attached hydrogens (tertiary/aromatic N) is 4. The van der Waals surface area contributed by atoms with Crippen LogP contribution in [0.3, 0.4) is 0 Å². The molecule has 14 heteroatoms. The monoisotopic (exact) mass is 486 g/mol. The number of nitrogens with two attached hydrogens (primary N) is 2. The summed E-state index contributed by atoms with van der Waals surface area (Å²) in [5.74, 6) is -1.81. The van der Waals surface area contributed by atoms with Crippen LogP contribution in [0, 0.1) is 5.82 Å². The van der Waals surface area contributed by atoms with Gasteiger partial charge in [0.05, 0.1) is 29.4 Å². The molecule has 2 aromatic carbocycles. The number of rotatable bonds is 4. The standard InChI is InChI=1S/C19H18F4N6O3S/c20-15-10-12(29-18(25)26-17(24)27-29)9-14(19(21,22)23)16(15)11-1-3-13(4-2-11)33(30,31)28-5-7-32-8-6-28/h1-4,9-10H,5-8H2,(H4,24,25,26,27). The minimum Gasteiger partial charge on any atom is -0.379 e. The Morgan fingerprint density at radius 2 is 1.67 bits per heavy atom. The maximum Gasteiger partial charge on any atom is 0.417 e. The van der Waals surface area contributed by atoms with E-state index in [9.17, 15) is 21.6 Å². The summed E-state index contributed by atoms with van der Waals surface area (Å²) in [4.78, 5) is 3.48. The molecule has 2 heterocycles. The Balaban J connectivity index is 1.78. The summed E-state index contributed by atoms with van der Waals surface area (Å²) in [5.41, 5.74) is 8.48. The molecule has 1 aliphatic heterocycles. The largest absolute Gasteiger partial charge is 0.417 e. The Kier molecular flexibility index (Phi) is 5.76. The van der Waals surface area contributed by atoms with E-state index in [1.807, 2.05) is 0 Å². The molecule has 4 rings (SSSR count). The van der Waals surface area contributed by atoms with Gasteiger partial charge >= 0.3 is 6.18 Å². The molecule has 4 N–H and O–H groups in total. The minimum absolute atomic E-state index is 0.121. The zero-order valence-corrected chi connectivity index (χ0v) is 17.7. The Hall–Kier alpha value is -3.23. The fraction of sp³-hybridized carbons (Fsp3) is 0.263. The number of sulfonamides is 1. The summed E-state index contributed by atoms with van der Waals surface area (Å²) in [5, 5.41) is 3.67. The summed E-state index contributed by atoms with van der Waals surface area (Å²) in [7, 11) is -3.86. The van der Waals surface area contributed by atoms with Crippen molar-refractivity contribution in [2.24, 2.45) is 0 Å². The Morgan fingerprint density at radius 1 is 1.03 bits per heavy atom. The van der Waals surface area contributed by atoms with E-state index in [1.54, 1.807) is 0 Å². The maximum absolute atomic E-state index is 15.0. The van der Waals surface area contributed by atoms with Crippen molar-refractivity contribution in [3.8, 4) is 16.8 Å². The number of hydrogen-bond acceptors (Lipinski definition) is 7. The van der Waals surface area contributed by atoms with E-state index in [4.69, 9.17) is 16.2 Å². The van der Waals surface area contributed by atoms with Crippen LogP contribution in [0.2, 0.25) is 0 Å². The molecule has 3 aromatic rings. The van der Waals surface area contributed by atoms with Crippen molar-refractivity contribution in [3.63, 3.8) is 0 Å². The molecule has 0 aliphatic carbocycles. The van der Waals surface area contributed by atoms with Crippen LogP contribution in [0.4, 0.5) is 29.5 Å². The van der Waals surface area contributed by atoms with Crippen molar-refractivity contribution in [1.29, 1.82) is 0 Å². The molecule has 0 saturated carbocycles. The lowest BCUT2D eigenvalue weighted by Crippen LogP contribution is -2.40. The Labute approximate surface area is 185 Å². The molecule has 0 bridgehead atoms. The van der Waals surface area contributed by atoms with Crippen LogP contribution in [0.15, 0.2) is 41.3 Å². The van der Waals surface area contributed by atoms with E-state index >= 15 is 4.39 Å². The van der Waals surface area contributed by atoms with Gasteiger partial charge in [0, 0.05) is 24.7 Å². The maximum atomic E-state index is 15.0. The highest BCUT2D eigenvalue weighted by Crippen LogP contribution is 2.40. The van der Waals surface area contributed by atoms with Crippen LogP contribution in [0.1, 0.15) is 5.56 Å². The normalized spacial score (nSPS) is 15.6. The van der Waals surface area contributed by atoms with Crippen LogP contribution < -0.4 is 11.5 Å². The highest BCUT2D eigenvalue weighted by atomic mass is 32.2. The van der Waals surface area contributed by atoms with Gasteiger partial charge in [0.1, 0.15) is 5.82 Å². The quantitative estimate of drug-likeness (QED) is 0.541. The first kappa shape index (κ1) is 22.9. The van der Waals surface area contributed by atoms with Crippen molar-refractivity contribution in [2.45, 2.75) is 11.1 Å². The second kappa shape index (κ2) is 8.28. The van der Waals surface area contributed by atoms with Gasteiger partial charge in [-0.25, -0.2) is 12.8 Å². The first-order chi connectivity index (χ1) is 15.5. The molecule has 0 spiro atoms. The van der Waals surface area contributed by atoms with Gasteiger partial charge in [-0.1, -0.05) is 12.1 Å². The highest BCUT2D eigenvalue weighted by Gasteiger charge is 2.36. The van der Waals surface area contributed by atoms with Crippen LogP contribution in [-0.4, -0.2) is 53.8 Å². The molecule has 1 aromatic heterocycles. The average molecular weight is 486 g/mol. The minimum atomic E-state index is -4.94. The van der Waals surface area contributed by atoms with Crippen LogP contribution >= 0.6 is 0 Å². The van der Waals surface area contributed by atoms with Gasteiger partial charge < -0.3 is 16.2 Å². The van der Waals surface area contributed by atoms with Gasteiger partial charge in [-0.15, -0.1) is 5.10 Å². The molecule has 176 valence electrons. The fourth-order valence-corrected chi connectivity index (χ4v) is 4.90. The third-order valence-corrected chi connectivity index (χ3v) is 6.94. The number of benzene rings is 2. The van der Waals surface area contributed by atoms with Gasteiger partial charge in [0.2, 0.25) is 21.9 Å². The predicted octanol–water partition coefficient (Wildman–Crippen LogP) is 2.28. The van der Waals surface area contributed by atoms with Crippen molar-refractivity contribution in [1.82, 2.24) is 19.1 Å². The number of morpholine rings is 1. The van der Waals surface area contributed by atoms with Gasteiger partial charge in [-0.2, -0.15) is 27.1 Å². The summed E-state index contributed by atoms with van der Waals surface area (Å²) in [6.45, 7) is 0.806. The summed E-state index contributed by atoms with van der Waals surface area (Å²) in [6, 6.07) is 6.02. The number of nitrogen functional groups attached to an aromatic ring is 2. The molecule has 1 saturated heterocycles. The van der Waals surface area contributed by atoms with Gasteiger partial charge in [-0.05, 0) is 23.8 Å². The number of hydrogen-bond donors (Lipinski definition) is 2. The first-order valence-corrected chi connectivity index (χ1v) is 11.0. The van der Waals surface area contributed by atoms with E-state index in [1.165, 1.54) is 4.31 Å². The molecule has 0 unspecified atom stereocenters. The molecular formula is C19H18F4N6O3S. The molecule has 9 nitrogen and oxygen atoms in total. The lowest BCUT2D eigenvalue weighted by molar-refractivity contribution is -0.137. The highest BCUT2D eigenvalue weighted by molar-refractivity contribution is 7.89. The van der Waals surface area contributed by atoms with Gasteiger partial charge in [0.25, 0.3) is 0 Å². The summed E-state index contributed by atoms with van der Waals surface area (Å²) in [6.07, 6.45) is -4.94. The van der Waals surface area contributed by atoms with E-state index in [0.717, 1.165) is 35.0 Å². The van der Waals surface area contributed by atoms with E-state index in [-0.39, 0.29) is 54.3 Å². The van der Waals surface area contributed by atoms with Crippen LogP contribution in [-0.2, 0) is 20.9 Å². The van der Waals surface area contributed by atoms with Crippen molar-refractivity contribution in [3.05, 3.63) is 47.8 Å². The number of halogens is 4. The topological polar surface area (TPSA) is 129 Å². The fourth-order valence-electron chi connectivity index (χ4n) is 3.49. The van der Waals surface area contributed by atoms with Crippen molar-refractivity contribution < 1.29 is 30.7 Å². The summed E-state index contributed by atoms with van der Waals surface area (Å²) >= 11 is 0. The molecule has 33 heavy (non-hydrogen) atoms. The lowest BCUT2D eigenvalue weighted by atomic mass is 9.98. The molecule has 1 aliphatic rings. The first-order valence-electron chi connectivity index (χ1n) is 9.56. The zero-order valence-electron chi connectivity index (χ0n) is 16.9. The van der Waals surface area contributed by atoms with E-state index < -0.39 is 33.1 Å². The average Bonchev–Trinajstić information content (AvgIpc) is 3.11. The smallest absolute Gasteiger partial charge is 0.379 e.